The third-order valence-electron chi connectivity index (χ3n) is 4.57. The molecule has 0 unspecified atom stereocenters. The number of carbonyl (C=O) groups excluding carboxylic acids is 1. The second-order valence-corrected chi connectivity index (χ2v) is 8.60. The number of hydrogen-bond donors (Lipinski definition) is 2. The third-order valence-corrected chi connectivity index (χ3v) is 6.06. The summed E-state index contributed by atoms with van der Waals surface area (Å²) < 4.78 is 33.6. The first kappa shape index (κ1) is 21.5. The van der Waals surface area contributed by atoms with Crippen molar-refractivity contribution in [1.82, 2.24) is 4.72 Å². The maximum atomic E-state index is 12.9. The van der Waals surface area contributed by atoms with Crippen LogP contribution < -0.4 is 14.8 Å². The predicted octanol–water partition coefficient (Wildman–Crippen LogP) is 4.05. The summed E-state index contributed by atoms with van der Waals surface area (Å²) in [5, 5.41) is 2.80. The van der Waals surface area contributed by atoms with E-state index in [1.807, 2.05) is 25.1 Å². The third kappa shape index (κ3) is 5.68. The van der Waals surface area contributed by atoms with Crippen LogP contribution in [-0.2, 0) is 14.8 Å². The molecule has 0 bridgehead atoms. The summed E-state index contributed by atoms with van der Waals surface area (Å²) in [5.41, 5.74) is 2.24. The van der Waals surface area contributed by atoms with E-state index < -0.39 is 16.1 Å². The zero-order valence-corrected chi connectivity index (χ0v) is 17.6. The van der Waals surface area contributed by atoms with Crippen molar-refractivity contribution in [3.05, 3.63) is 90.0 Å². The zero-order chi connectivity index (χ0) is 21.6. The van der Waals surface area contributed by atoms with Crippen LogP contribution in [0.1, 0.15) is 23.6 Å². The van der Waals surface area contributed by atoms with E-state index >= 15 is 0 Å². The van der Waals surface area contributed by atoms with Gasteiger partial charge in [-0.15, -0.1) is 0 Å². The Morgan fingerprint density at radius 1 is 0.967 bits per heavy atom. The predicted molar refractivity (Wildman–Crippen MR) is 117 cm³/mol. The lowest BCUT2D eigenvalue weighted by Crippen LogP contribution is -2.31. The van der Waals surface area contributed by atoms with E-state index in [1.54, 1.807) is 67.8 Å². The summed E-state index contributed by atoms with van der Waals surface area (Å²) in [6, 6.07) is 21.9. The number of amides is 1. The molecule has 1 amide bonds. The molecule has 0 saturated heterocycles. The molecule has 0 heterocycles. The van der Waals surface area contributed by atoms with Crippen LogP contribution in [0.15, 0.2) is 83.8 Å². The van der Waals surface area contributed by atoms with Gasteiger partial charge in [0.1, 0.15) is 5.75 Å². The Hall–Kier alpha value is -3.16. The number of anilines is 1. The molecule has 30 heavy (non-hydrogen) atoms. The largest absolute Gasteiger partial charge is 0.497 e. The average Bonchev–Trinajstić information content (AvgIpc) is 2.74. The Bertz CT molecular complexity index is 1100. The Labute approximate surface area is 177 Å². The molecule has 156 valence electrons. The molecule has 3 aromatic rings. The molecule has 0 spiro atoms. The zero-order valence-electron chi connectivity index (χ0n) is 16.8. The van der Waals surface area contributed by atoms with Gasteiger partial charge in [-0.3, -0.25) is 4.79 Å². The summed E-state index contributed by atoms with van der Waals surface area (Å²) in [5.74, 6) is 0.302. The summed E-state index contributed by atoms with van der Waals surface area (Å²) in [4.78, 5) is 12.8. The van der Waals surface area contributed by atoms with Gasteiger partial charge in [0.2, 0.25) is 15.9 Å². The highest BCUT2D eigenvalue weighted by atomic mass is 32.2. The van der Waals surface area contributed by atoms with Crippen molar-refractivity contribution in [2.75, 3.05) is 12.4 Å². The number of benzene rings is 3. The molecule has 0 aliphatic heterocycles. The van der Waals surface area contributed by atoms with Crippen molar-refractivity contribution in [2.24, 2.45) is 0 Å². The maximum absolute atomic E-state index is 12.9. The SMILES string of the molecule is COc1cccc(NC(=O)C[C@H](NS(=O)(=O)c2ccc(C)cc2)c2ccccc2)c1. The summed E-state index contributed by atoms with van der Waals surface area (Å²) >= 11 is 0. The van der Waals surface area contributed by atoms with Crippen LogP contribution in [0.3, 0.4) is 0 Å². The fourth-order valence-corrected chi connectivity index (χ4v) is 4.21. The highest BCUT2D eigenvalue weighted by molar-refractivity contribution is 7.89. The number of ether oxygens (including phenoxy) is 1. The smallest absolute Gasteiger partial charge is 0.241 e. The lowest BCUT2D eigenvalue weighted by Gasteiger charge is -2.19. The van der Waals surface area contributed by atoms with Crippen LogP contribution in [0.2, 0.25) is 0 Å². The van der Waals surface area contributed by atoms with Crippen molar-refractivity contribution in [3.8, 4) is 5.75 Å². The highest BCUT2D eigenvalue weighted by Crippen LogP contribution is 2.22. The number of nitrogens with one attached hydrogen (secondary N) is 2. The van der Waals surface area contributed by atoms with E-state index in [-0.39, 0.29) is 17.2 Å². The van der Waals surface area contributed by atoms with E-state index in [2.05, 4.69) is 10.0 Å². The minimum absolute atomic E-state index is 0.0632. The minimum atomic E-state index is -3.80. The molecule has 0 aromatic heterocycles. The molecule has 3 rings (SSSR count). The molecule has 0 fully saturated rings. The van der Waals surface area contributed by atoms with Gasteiger partial charge in [0, 0.05) is 18.2 Å². The molecule has 2 N–H and O–H groups in total. The normalized spacial score (nSPS) is 12.2. The fourth-order valence-electron chi connectivity index (χ4n) is 2.98. The number of sulfonamides is 1. The fraction of sp³-hybridized carbons (Fsp3) is 0.174. The molecule has 0 saturated carbocycles. The van der Waals surface area contributed by atoms with Crippen LogP contribution in [0.25, 0.3) is 0 Å². The number of carbonyl (C=O) groups is 1. The van der Waals surface area contributed by atoms with Crippen LogP contribution in [0, 0.1) is 6.92 Å². The summed E-state index contributed by atoms with van der Waals surface area (Å²) in [7, 11) is -2.26. The Morgan fingerprint density at radius 2 is 1.67 bits per heavy atom. The van der Waals surface area contributed by atoms with Crippen LogP contribution in [0.5, 0.6) is 5.75 Å². The molecule has 0 aliphatic rings. The van der Waals surface area contributed by atoms with E-state index in [4.69, 9.17) is 4.74 Å². The van der Waals surface area contributed by atoms with Gasteiger partial charge >= 0.3 is 0 Å². The first-order chi connectivity index (χ1) is 14.4. The molecule has 7 heteroatoms. The number of rotatable bonds is 8. The monoisotopic (exact) mass is 424 g/mol. The standard InChI is InChI=1S/C23H24N2O4S/c1-17-11-13-21(14-12-17)30(27,28)25-22(18-7-4-3-5-8-18)16-23(26)24-19-9-6-10-20(15-19)29-2/h3-15,22,25H,16H2,1-2H3,(H,24,26)/t22-/m0/s1. The van der Waals surface area contributed by atoms with Crippen molar-refractivity contribution >= 4 is 21.6 Å². The van der Waals surface area contributed by atoms with E-state index in [0.29, 0.717) is 17.0 Å². The topological polar surface area (TPSA) is 84.5 Å². The molecule has 3 aromatic carbocycles. The van der Waals surface area contributed by atoms with Gasteiger partial charge in [0.15, 0.2) is 0 Å². The second-order valence-electron chi connectivity index (χ2n) is 6.88. The van der Waals surface area contributed by atoms with Gasteiger partial charge in [-0.2, -0.15) is 0 Å². The van der Waals surface area contributed by atoms with Gasteiger partial charge in [-0.25, -0.2) is 13.1 Å². The number of hydrogen-bond acceptors (Lipinski definition) is 4. The Balaban J connectivity index is 1.80. The van der Waals surface area contributed by atoms with Gasteiger partial charge in [-0.1, -0.05) is 54.1 Å². The van der Waals surface area contributed by atoms with E-state index in [0.717, 1.165) is 5.56 Å². The van der Waals surface area contributed by atoms with Crippen molar-refractivity contribution in [3.63, 3.8) is 0 Å². The first-order valence-electron chi connectivity index (χ1n) is 9.45. The van der Waals surface area contributed by atoms with Gasteiger partial charge in [0.25, 0.3) is 0 Å². The summed E-state index contributed by atoms with van der Waals surface area (Å²) in [6.45, 7) is 1.89. The molecular formula is C23H24N2O4S. The Kier molecular flexibility index (Phi) is 6.87. The number of aryl methyl sites for hydroxylation is 1. The number of methoxy groups -OCH3 is 1. The molecule has 6 nitrogen and oxygen atoms in total. The van der Waals surface area contributed by atoms with Crippen LogP contribution in [0.4, 0.5) is 5.69 Å². The van der Waals surface area contributed by atoms with Gasteiger partial charge < -0.3 is 10.1 Å². The van der Waals surface area contributed by atoms with Crippen molar-refractivity contribution in [1.29, 1.82) is 0 Å². The van der Waals surface area contributed by atoms with Crippen molar-refractivity contribution in [2.45, 2.75) is 24.3 Å². The van der Waals surface area contributed by atoms with Crippen LogP contribution in [-0.4, -0.2) is 21.4 Å². The van der Waals surface area contributed by atoms with E-state index in [9.17, 15) is 13.2 Å². The van der Waals surface area contributed by atoms with E-state index in [1.165, 1.54) is 0 Å². The van der Waals surface area contributed by atoms with Crippen molar-refractivity contribution < 1.29 is 17.9 Å². The second kappa shape index (κ2) is 9.56. The maximum Gasteiger partial charge on any atom is 0.241 e. The quantitative estimate of drug-likeness (QED) is 0.571. The molecule has 0 radical (unpaired) electrons. The van der Waals surface area contributed by atoms with Gasteiger partial charge in [0.05, 0.1) is 18.0 Å². The molecular weight excluding hydrogens is 400 g/mol. The first-order valence-corrected chi connectivity index (χ1v) is 10.9. The molecule has 1 atom stereocenters. The lowest BCUT2D eigenvalue weighted by molar-refractivity contribution is -0.116. The summed E-state index contributed by atoms with van der Waals surface area (Å²) in [6.07, 6.45) is -0.0632. The van der Waals surface area contributed by atoms with Crippen LogP contribution >= 0.6 is 0 Å². The minimum Gasteiger partial charge on any atom is -0.497 e. The van der Waals surface area contributed by atoms with Gasteiger partial charge in [-0.05, 0) is 36.8 Å². The Morgan fingerprint density at radius 3 is 2.33 bits per heavy atom. The molecule has 0 aliphatic carbocycles. The highest BCUT2D eigenvalue weighted by Gasteiger charge is 2.24. The average molecular weight is 425 g/mol. The lowest BCUT2D eigenvalue weighted by atomic mass is 10.0.